The van der Waals surface area contributed by atoms with E-state index in [1.54, 1.807) is 12.2 Å². The molecule has 7 heteroatoms. The molecule has 7 nitrogen and oxygen atoms in total. The zero-order valence-corrected chi connectivity index (χ0v) is 25.7. The first-order valence-corrected chi connectivity index (χ1v) is 15.4. The van der Waals surface area contributed by atoms with Gasteiger partial charge in [0.25, 0.3) is 0 Å². The van der Waals surface area contributed by atoms with Crippen molar-refractivity contribution in [2.45, 2.75) is 125 Å². The summed E-state index contributed by atoms with van der Waals surface area (Å²) in [6.07, 6.45) is 9.10. The number of fused-ring (bicyclic) bond motifs is 5. The van der Waals surface area contributed by atoms with Crippen LogP contribution in [0.25, 0.3) is 0 Å². The number of carbonyl (C=O) groups excluding carboxylic acids is 3. The number of allylic oxidation sites excluding steroid dienone is 2. The van der Waals surface area contributed by atoms with Crippen molar-refractivity contribution in [3.05, 3.63) is 23.3 Å². The fourth-order valence-corrected chi connectivity index (χ4v) is 9.33. The van der Waals surface area contributed by atoms with Gasteiger partial charge >= 0.3 is 11.9 Å². The van der Waals surface area contributed by atoms with Crippen molar-refractivity contribution in [2.75, 3.05) is 0 Å². The van der Waals surface area contributed by atoms with Crippen LogP contribution in [0.3, 0.4) is 0 Å². The lowest BCUT2D eigenvalue weighted by atomic mass is 9.47. The maximum atomic E-state index is 13.8. The molecule has 0 aromatic heterocycles. The summed E-state index contributed by atoms with van der Waals surface area (Å²) in [5.74, 6) is 1.07. The van der Waals surface area contributed by atoms with Crippen molar-refractivity contribution in [3.63, 3.8) is 0 Å². The molecule has 9 atom stereocenters. The number of hydrogen-bond acceptors (Lipinski definition) is 7. The van der Waals surface area contributed by atoms with Crippen LogP contribution in [0, 0.1) is 40.4 Å². The largest absolute Gasteiger partial charge is 0.458 e. The summed E-state index contributed by atoms with van der Waals surface area (Å²) in [4.78, 5) is 43.1. The Balaban J connectivity index is 1.69. The Hall–Kier alpha value is -1.99. The highest BCUT2D eigenvalue weighted by atomic mass is 17.1. The van der Waals surface area contributed by atoms with E-state index in [0.717, 1.165) is 31.3 Å². The monoisotopic (exact) mass is 558 g/mol. The van der Waals surface area contributed by atoms with Crippen LogP contribution in [0.15, 0.2) is 23.3 Å². The van der Waals surface area contributed by atoms with Gasteiger partial charge in [-0.1, -0.05) is 54.4 Å². The average molecular weight is 559 g/mol. The summed E-state index contributed by atoms with van der Waals surface area (Å²) >= 11 is 0. The zero-order chi connectivity index (χ0) is 29.6. The van der Waals surface area contributed by atoms with Crippen molar-refractivity contribution in [1.82, 2.24) is 0 Å². The Kier molecular flexibility index (Phi) is 8.79. The van der Waals surface area contributed by atoms with Crippen molar-refractivity contribution in [2.24, 2.45) is 40.4 Å². The second kappa shape index (κ2) is 11.4. The molecule has 2 saturated carbocycles. The van der Waals surface area contributed by atoms with Crippen molar-refractivity contribution >= 4 is 17.7 Å². The van der Waals surface area contributed by atoms with E-state index in [1.807, 2.05) is 0 Å². The Bertz CT molecular complexity index is 1070. The third-order valence-electron chi connectivity index (χ3n) is 11.5. The Morgan fingerprint density at radius 2 is 1.73 bits per heavy atom. The highest BCUT2D eigenvalue weighted by Gasteiger charge is 2.68. The highest BCUT2D eigenvalue weighted by molar-refractivity contribution is 6.07. The maximum Gasteiger partial charge on any atom is 0.303 e. The van der Waals surface area contributed by atoms with Gasteiger partial charge in [0, 0.05) is 30.3 Å². The number of esters is 2. The molecule has 4 rings (SSSR count). The lowest BCUT2D eigenvalue weighted by Gasteiger charge is -2.58. The molecule has 4 aliphatic carbocycles. The van der Waals surface area contributed by atoms with Crippen molar-refractivity contribution in [3.8, 4) is 0 Å². The van der Waals surface area contributed by atoms with Gasteiger partial charge in [-0.2, -0.15) is 0 Å². The van der Waals surface area contributed by atoms with Crippen molar-refractivity contribution < 1.29 is 34.0 Å². The van der Waals surface area contributed by atoms with Gasteiger partial charge in [-0.3, -0.25) is 19.6 Å². The number of hydrogen-bond donors (Lipinski definition) is 1. The number of ether oxygens (including phenoxy) is 2. The molecule has 0 bridgehead atoms. The fraction of sp³-hybridized carbons (Fsp3) is 0.788. The van der Waals surface area contributed by atoms with E-state index in [-0.39, 0.29) is 17.1 Å². The minimum absolute atomic E-state index is 0.0625. The third-order valence-corrected chi connectivity index (χ3v) is 11.5. The fourth-order valence-electron chi connectivity index (χ4n) is 9.33. The van der Waals surface area contributed by atoms with E-state index in [9.17, 15) is 19.6 Å². The summed E-state index contributed by atoms with van der Waals surface area (Å²) in [5, 5.41) is 10.7. The molecule has 0 saturated heterocycles. The summed E-state index contributed by atoms with van der Waals surface area (Å²) in [7, 11) is 0. The lowest BCUT2D eigenvalue weighted by Crippen LogP contribution is -2.59. The summed E-state index contributed by atoms with van der Waals surface area (Å²) < 4.78 is 11.1. The Morgan fingerprint density at radius 1 is 1.05 bits per heavy atom. The Labute approximate surface area is 240 Å². The summed E-state index contributed by atoms with van der Waals surface area (Å²) in [5.41, 5.74) is -0.394. The van der Waals surface area contributed by atoms with Gasteiger partial charge in [0.1, 0.15) is 11.7 Å². The number of rotatable bonds is 9. The minimum atomic E-state index is -0.926. The standard InChI is InChI=1S/C33H50O7/c1-9-23(19(2)3)11-10-20(4)24-13-15-33(40-37)26-16-28(36)27-17-29(38-21(5)34)30(39-22(6)35)18-31(27,7)25(26)12-14-32(24,33)8/h16-17,19-20,23-25,29-30,37H,9-15,18H2,1-8H3/t20-,23-,24-,25+,29-,30+,31-,32-,33-/m1/s1. The molecule has 1 N–H and O–H groups in total. The molecule has 224 valence electrons. The lowest BCUT2D eigenvalue weighted by molar-refractivity contribution is -0.345. The van der Waals surface area contributed by atoms with E-state index >= 15 is 0 Å². The molecule has 0 amide bonds. The van der Waals surface area contributed by atoms with Crippen LogP contribution in [0.5, 0.6) is 0 Å². The smallest absolute Gasteiger partial charge is 0.303 e. The molecule has 0 aromatic rings. The molecule has 0 spiro atoms. The second-order valence-electron chi connectivity index (χ2n) is 13.9. The van der Waals surface area contributed by atoms with E-state index in [0.29, 0.717) is 42.1 Å². The predicted octanol–water partition coefficient (Wildman–Crippen LogP) is 6.85. The molecule has 40 heavy (non-hydrogen) atoms. The zero-order valence-electron chi connectivity index (χ0n) is 25.7. The normalized spacial score (nSPS) is 38.4. The van der Waals surface area contributed by atoms with E-state index in [2.05, 4.69) is 41.5 Å². The quantitative estimate of drug-likeness (QED) is 0.188. The van der Waals surface area contributed by atoms with Crippen LogP contribution in [0.4, 0.5) is 0 Å². The number of ketones is 1. The van der Waals surface area contributed by atoms with Gasteiger partial charge in [0.2, 0.25) is 0 Å². The van der Waals surface area contributed by atoms with Crippen LogP contribution in [-0.4, -0.2) is 40.8 Å². The molecule has 0 aliphatic heterocycles. The van der Waals surface area contributed by atoms with Crippen molar-refractivity contribution in [1.29, 1.82) is 0 Å². The molecule has 4 aliphatic rings. The molecule has 0 heterocycles. The minimum Gasteiger partial charge on any atom is -0.458 e. The van der Waals surface area contributed by atoms with E-state index in [1.165, 1.54) is 26.7 Å². The maximum absolute atomic E-state index is 13.8. The van der Waals surface area contributed by atoms with E-state index < -0.39 is 35.2 Å². The topological polar surface area (TPSA) is 99.1 Å². The van der Waals surface area contributed by atoms with Gasteiger partial charge in [0.15, 0.2) is 11.9 Å². The van der Waals surface area contributed by atoms with E-state index in [4.69, 9.17) is 14.4 Å². The first-order chi connectivity index (χ1) is 18.7. The van der Waals surface area contributed by atoms with Gasteiger partial charge < -0.3 is 9.47 Å². The predicted molar refractivity (Wildman–Crippen MR) is 152 cm³/mol. The third kappa shape index (κ3) is 4.99. The van der Waals surface area contributed by atoms with Crippen LogP contribution in [-0.2, 0) is 28.7 Å². The molecule has 0 radical (unpaired) electrons. The molecule has 2 fully saturated rings. The van der Waals surface area contributed by atoms with Gasteiger partial charge in [-0.25, -0.2) is 4.89 Å². The highest BCUT2D eigenvalue weighted by Crippen LogP contribution is 2.69. The Morgan fingerprint density at radius 3 is 2.30 bits per heavy atom. The van der Waals surface area contributed by atoms with Crippen LogP contribution < -0.4 is 0 Å². The first-order valence-electron chi connectivity index (χ1n) is 15.4. The molecule has 0 aromatic carbocycles. The van der Waals surface area contributed by atoms with Crippen LogP contribution >= 0.6 is 0 Å². The first kappa shape index (κ1) is 31.0. The molecule has 0 unspecified atom stereocenters. The molecular weight excluding hydrogens is 508 g/mol. The van der Waals surface area contributed by atoms with Gasteiger partial charge in [-0.05, 0) is 85.8 Å². The second-order valence-corrected chi connectivity index (χ2v) is 13.9. The number of carbonyl (C=O) groups is 3. The van der Waals surface area contributed by atoms with Gasteiger partial charge in [0.05, 0.1) is 0 Å². The molecular formula is C33H50O7. The van der Waals surface area contributed by atoms with Gasteiger partial charge in [-0.15, -0.1) is 0 Å². The van der Waals surface area contributed by atoms with Crippen LogP contribution in [0.2, 0.25) is 0 Å². The average Bonchev–Trinajstić information content (AvgIpc) is 3.18. The summed E-state index contributed by atoms with van der Waals surface area (Å²) in [6.45, 7) is 16.2. The SMILES string of the molecule is CC[C@H](CC[C@@H](C)[C@H]1CC[C@@]2(OO)C3=CC(=O)C4=C[C@@H](OC(C)=O)[C@@H](OC(C)=O)C[C@]4(C)[C@H]3CC[C@]12C)C(C)C. The summed E-state index contributed by atoms with van der Waals surface area (Å²) in [6, 6.07) is 0. The van der Waals surface area contributed by atoms with Crippen LogP contribution in [0.1, 0.15) is 107 Å².